The van der Waals surface area contributed by atoms with E-state index in [0.717, 1.165) is 25.8 Å². The molecule has 2 amide bonds. The molecule has 2 aromatic rings. The molecule has 0 radical (unpaired) electrons. The van der Waals surface area contributed by atoms with Gasteiger partial charge in [-0.1, -0.05) is 18.2 Å². The summed E-state index contributed by atoms with van der Waals surface area (Å²) < 4.78 is 7.53. The molecule has 1 N–H and O–H groups in total. The van der Waals surface area contributed by atoms with E-state index in [2.05, 4.69) is 34.0 Å². The van der Waals surface area contributed by atoms with E-state index in [1.165, 1.54) is 5.69 Å². The number of carbonyl (C=O) groups excluding carboxylic acids is 2. The molecule has 1 aliphatic heterocycles. The molecule has 174 valence electrons. The Labute approximate surface area is 191 Å². The van der Waals surface area contributed by atoms with Gasteiger partial charge in [0.2, 0.25) is 0 Å². The SMILES string of the molecule is CN(CCCNC(=O)c1cccn1C1CCN(C(=O)OC(C)(C)C)CC1)c1ccccc1. The minimum absolute atomic E-state index is 0.0491. The number of benzene rings is 1. The van der Waals surface area contributed by atoms with Crippen LogP contribution in [-0.2, 0) is 4.74 Å². The van der Waals surface area contributed by atoms with Crippen molar-refractivity contribution >= 4 is 17.7 Å². The predicted molar refractivity (Wildman–Crippen MR) is 127 cm³/mol. The maximum absolute atomic E-state index is 12.8. The Kier molecular flexibility index (Phi) is 7.83. The summed E-state index contributed by atoms with van der Waals surface area (Å²) in [7, 11) is 2.06. The van der Waals surface area contributed by atoms with Crippen LogP contribution in [0.3, 0.4) is 0 Å². The second-order valence-corrected chi connectivity index (χ2v) is 9.37. The fourth-order valence-electron chi connectivity index (χ4n) is 3.98. The average molecular weight is 441 g/mol. The zero-order chi connectivity index (χ0) is 23.1. The minimum Gasteiger partial charge on any atom is -0.444 e. The number of anilines is 1. The van der Waals surface area contributed by atoms with Crippen LogP contribution in [0, 0.1) is 0 Å². The van der Waals surface area contributed by atoms with Gasteiger partial charge < -0.3 is 24.4 Å². The Morgan fingerprint density at radius 2 is 1.78 bits per heavy atom. The molecule has 1 saturated heterocycles. The predicted octanol–water partition coefficient (Wildman–Crippen LogP) is 4.32. The highest BCUT2D eigenvalue weighted by Crippen LogP contribution is 2.25. The number of hydrogen-bond donors (Lipinski definition) is 1. The van der Waals surface area contributed by atoms with E-state index in [1.54, 1.807) is 4.90 Å². The van der Waals surface area contributed by atoms with Crippen molar-refractivity contribution in [2.24, 2.45) is 0 Å². The van der Waals surface area contributed by atoms with Gasteiger partial charge in [0.05, 0.1) is 0 Å². The third-order valence-electron chi connectivity index (χ3n) is 5.67. The Morgan fingerprint density at radius 1 is 1.09 bits per heavy atom. The van der Waals surface area contributed by atoms with E-state index in [1.807, 2.05) is 57.3 Å². The van der Waals surface area contributed by atoms with Crippen LogP contribution >= 0.6 is 0 Å². The van der Waals surface area contributed by atoms with Gasteiger partial charge in [-0.15, -0.1) is 0 Å². The van der Waals surface area contributed by atoms with Crippen LogP contribution in [0.4, 0.5) is 10.5 Å². The van der Waals surface area contributed by atoms with Gasteiger partial charge in [-0.05, 0) is 64.3 Å². The van der Waals surface area contributed by atoms with Crippen molar-refractivity contribution in [2.45, 2.75) is 51.7 Å². The molecule has 1 aromatic heterocycles. The third-order valence-corrected chi connectivity index (χ3v) is 5.67. The first-order chi connectivity index (χ1) is 15.2. The molecule has 0 saturated carbocycles. The van der Waals surface area contributed by atoms with Crippen molar-refractivity contribution in [3.05, 3.63) is 54.4 Å². The molecule has 1 aliphatic rings. The lowest BCUT2D eigenvalue weighted by Gasteiger charge is -2.34. The highest BCUT2D eigenvalue weighted by Gasteiger charge is 2.28. The number of ether oxygens (including phenoxy) is 1. The summed E-state index contributed by atoms with van der Waals surface area (Å²) in [6.07, 6.45) is 4.17. The van der Waals surface area contributed by atoms with Gasteiger partial charge in [-0.25, -0.2) is 4.79 Å². The van der Waals surface area contributed by atoms with Gasteiger partial charge in [0.1, 0.15) is 11.3 Å². The van der Waals surface area contributed by atoms with E-state index < -0.39 is 5.60 Å². The first-order valence-electron chi connectivity index (χ1n) is 11.4. The number of nitrogens with zero attached hydrogens (tertiary/aromatic N) is 3. The normalized spacial score (nSPS) is 14.8. The lowest BCUT2D eigenvalue weighted by Crippen LogP contribution is -2.42. The molecule has 0 bridgehead atoms. The maximum Gasteiger partial charge on any atom is 0.410 e. The zero-order valence-electron chi connectivity index (χ0n) is 19.7. The number of carbonyl (C=O) groups is 2. The lowest BCUT2D eigenvalue weighted by atomic mass is 10.0. The molecule has 0 aliphatic carbocycles. The monoisotopic (exact) mass is 440 g/mol. The van der Waals surface area contributed by atoms with Crippen molar-refractivity contribution in [1.29, 1.82) is 0 Å². The van der Waals surface area contributed by atoms with E-state index in [9.17, 15) is 9.59 Å². The van der Waals surface area contributed by atoms with Crippen molar-refractivity contribution < 1.29 is 14.3 Å². The van der Waals surface area contributed by atoms with Crippen LogP contribution in [0.5, 0.6) is 0 Å². The van der Waals surface area contributed by atoms with E-state index in [-0.39, 0.29) is 18.0 Å². The minimum atomic E-state index is -0.491. The Balaban J connectivity index is 1.46. The first-order valence-corrected chi connectivity index (χ1v) is 11.4. The molecule has 2 heterocycles. The number of para-hydroxylation sites is 1. The highest BCUT2D eigenvalue weighted by atomic mass is 16.6. The summed E-state index contributed by atoms with van der Waals surface area (Å²) >= 11 is 0. The topological polar surface area (TPSA) is 66.8 Å². The van der Waals surface area contributed by atoms with Crippen molar-refractivity contribution in [1.82, 2.24) is 14.8 Å². The van der Waals surface area contributed by atoms with E-state index >= 15 is 0 Å². The van der Waals surface area contributed by atoms with Gasteiger partial charge in [0.25, 0.3) is 5.91 Å². The average Bonchev–Trinajstić information content (AvgIpc) is 3.26. The first kappa shape index (κ1) is 23.7. The molecule has 1 aromatic carbocycles. The van der Waals surface area contributed by atoms with Gasteiger partial charge >= 0.3 is 6.09 Å². The molecular formula is C25H36N4O3. The molecule has 0 unspecified atom stereocenters. The van der Waals surface area contributed by atoms with E-state index in [0.29, 0.717) is 25.3 Å². The molecular weight excluding hydrogens is 404 g/mol. The van der Waals surface area contributed by atoms with Crippen molar-refractivity contribution in [2.75, 3.05) is 38.1 Å². The molecule has 1 fully saturated rings. The standard InChI is InChI=1S/C25H36N4O3/c1-25(2,3)32-24(31)28-18-13-21(14-19-28)29-17-8-12-22(29)23(30)26-15-9-16-27(4)20-10-6-5-7-11-20/h5-8,10-12,17,21H,9,13-16,18-19H2,1-4H3,(H,26,30). The fourth-order valence-corrected chi connectivity index (χ4v) is 3.98. The Hall–Kier alpha value is -2.96. The van der Waals surface area contributed by atoms with Crippen LogP contribution in [0.2, 0.25) is 0 Å². The van der Waals surface area contributed by atoms with Crippen molar-refractivity contribution in [3.63, 3.8) is 0 Å². The van der Waals surface area contributed by atoms with Crippen LogP contribution in [0.25, 0.3) is 0 Å². The summed E-state index contributed by atoms with van der Waals surface area (Å²) in [5.41, 5.74) is 1.36. The molecule has 32 heavy (non-hydrogen) atoms. The molecule has 0 spiro atoms. The number of hydrogen-bond acceptors (Lipinski definition) is 4. The highest BCUT2D eigenvalue weighted by molar-refractivity contribution is 5.92. The largest absolute Gasteiger partial charge is 0.444 e. The van der Waals surface area contributed by atoms with Crippen LogP contribution in [0.1, 0.15) is 56.6 Å². The number of likely N-dealkylation sites (tertiary alicyclic amines) is 1. The van der Waals surface area contributed by atoms with Crippen LogP contribution in [0.15, 0.2) is 48.7 Å². The summed E-state index contributed by atoms with van der Waals surface area (Å²) in [4.78, 5) is 29.0. The van der Waals surface area contributed by atoms with Crippen LogP contribution in [-0.4, -0.2) is 60.3 Å². The number of rotatable bonds is 7. The van der Waals surface area contributed by atoms with Gasteiger partial charge in [-0.2, -0.15) is 0 Å². The van der Waals surface area contributed by atoms with Crippen molar-refractivity contribution in [3.8, 4) is 0 Å². The summed E-state index contributed by atoms with van der Waals surface area (Å²) in [5.74, 6) is -0.0491. The molecule has 3 rings (SSSR count). The maximum atomic E-state index is 12.8. The zero-order valence-corrected chi connectivity index (χ0v) is 19.7. The van der Waals surface area contributed by atoms with Gasteiger partial charge in [-0.3, -0.25) is 4.79 Å². The number of aromatic nitrogens is 1. The lowest BCUT2D eigenvalue weighted by molar-refractivity contribution is 0.0187. The number of amides is 2. The summed E-state index contributed by atoms with van der Waals surface area (Å²) in [5, 5.41) is 3.05. The quantitative estimate of drug-likeness (QED) is 0.652. The summed E-state index contributed by atoms with van der Waals surface area (Å²) in [6, 6.07) is 14.2. The summed E-state index contributed by atoms with van der Waals surface area (Å²) in [6.45, 7) is 8.38. The second-order valence-electron chi connectivity index (χ2n) is 9.37. The third kappa shape index (κ3) is 6.52. The second kappa shape index (κ2) is 10.6. The number of piperidine rings is 1. The Bertz CT molecular complexity index is 880. The van der Waals surface area contributed by atoms with E-state index in [4.69, 9.17) is 4.74 Å². The van der Waals surface area contributed by atoms with Gasteiger partial charge in [0.15, 0.2) is 0 Å². The fraction of sp³-hybridized carbons (Fsp3) is 0.520. The smallest absolute Gasteiger partial charge is 0.410 e. The van der Waals surface area contributed by atoms with Gasteiger partial charge in [0, 0.05) is 51.2 Å². The Morgan fingerprint density at radius 3 is 2.44 bits per heavy atom. The molecule has 7 heteroatoms. The molecule has 0 atom stereocenters. The molecule has 7 nitrogen and oxygen atoms in total. The number of nitrogens with one attached hydrogen (secondary N) is 1. The van der Waals surface area contributed by atoms with Crippen LogP contribution < -0.4 is 10.2 Å².